The average Bonchev–Trinajstić information content (AvgIpc) is 2.48. The molecule has 0 radical (unpaired) electrons. The van der Waals surface area contributed by atoms with Crippen LogP contribution in [0.2, 0.25) is 0 Å². The van der Waals surface area contributed by atoms with Crippen molar-refractivity contribution in [3.63, 3.8) is 0 Å². The summed E-state index contributed by atoms with van der Waals surface area (Å²) >= 11 is 0. The lowest BCUT2D eigenvalue weighted by molar-refractivity contribution is 0.0206. The Labute approximate surface area is 123 Å². The molecule has 0 saturated heterocycles. The van der Waals surface area contributed by atoms with E-state index in [4.69, 9.17) is 10.2 Å². The lowest BCUT2D eigenvalue weighted by Crippen LogP contribution is -2.47. The van der Waals surface area contributed by atoms with Crippen molar-refractivity contribution in [1.82, 2.24) is 10.6 Å². The number of hydrogen-bond acceptors (Lipinski definition) is 7. The summed E-state index contributed by atoms with van der Waals surface area (Å²) in [4.78, 5) is 0. The second kappa shape index (κ2) is 8.93. The van der Waals surface area contributed by atoms with Crippen LogP contribution in [0.1, 0.15) is 30.6 Å². The van der Waals surface area contributed by atoms with Gasteiger partial charge in [0.05, 0.1) is 19.4 Å². The summed E-state index contributed by atoms with van der Waals surface area (Å²) in [5.41, 5.74) is 1.41. The second-order valence-electron chi connectivity index (χ2n) is 4.81. The fourth-order valence-corrected chi connectivity index (χ4v) is 2.00. The van der Waals surface area contributed by atoms with Crippen LogP contribution < -0.4 is 10.6 Å². The molecular formula is C14H24N2O5. The zero-order valence-corrected chi connectivity index (χ0v) is 12.0. The molecule has 1 aromatic rings. The minimum absolute atomic E-state index is 0.0184. The highest BCUT2D eigenvalue weighted by molar-refractivity contribution is 5.38. The average molecular weight is 300 g/mol. The SMILES string of the molecule is CCCc1ccc(O)c(C(NC(O)CO)NC(O)CO)c1. The Morgan fingerprint density at radius 2 is 1.62 bits per heavy atom. The molecule has 1 aromatic carbocycles. The number of benzene rings is 1. The third-order valence-corrected chi connectivity index (χ3v) is 3.01. The monoisotopic (exact) mass is 300 g/mol. The number of rotatable bonds is 9. The molecule has 21 heavy (non-hydrogen) atoms. The molecule has 0 spiro atoms. The van der Waals surface area contributed by atoms with Gasteiger partial charge in [0.25, 0.3) is 0 Å². The van der Waals surface area contributed by atoms with Gasteiger partial charge in [-0.05, 0) is 24.1 Å². The van der Waals surface area contributed by atoms with Crippen molar-refractivity contribution in [2.24, 2.45) is 0 Å². The molecule has 0 aromatic heterocycles. The molecule has 7 N–H and O–H groups in total. The maximum atomic E-state index is 9.98. The number of aliphatic hydroxyl groups is 4. The van der Waals surface area contributed by atoms with Crippen LogP contribution in [0.25, 0.3) is 0 Å². The fourth-order valence-electron chi connectivity index (χ4n) is 2.00. The first-order valence-corrected chi connectivity index (χ1v) is 6.93. The van der Waals surface area contributed by atoms with E-state index in [0.717, 1.165) is 18.4 Å². The Kier molecular flexibility index (Phi) is 7.58. The predicted molar refractivity (Wildman–Crippen MR) is 77.3 cm³/mol. The Bertz CT molecular complexity index is 418. The van der Waals surface area contributed by atoms with Crippen molar-refractivity contribution in [2.75, 3.05) is 13.2 Å². The van der Waals surface area contributed by atoms with Gasteiger partial charge in [-0.25, -0.2) is 0 Å². The molecule has 120 valence electrons. The van der Waals surface area contributed by atoms with Gasteiger partial charge in [0.15, 0.2) is 0 Å². The summed E-state index contributed by atoms with van der Waals surface area (Å²) in [6, 6.07) is 5.08. The second-order valence-corrected chi connectivity index (χ2v) is 4.81. The number of nitrogens with one attached hydrogen (secondary N) is 2. The van der Waals surface area contributed by atoms with Crippen LogP contribution in [0.15, 0.2) is 18.2 Å². The van der Waals surface area contributed by atoms with Crippen LogP contribution in [0.4, 0.5) is 0 Å². The van der Waals surface area contributed by atoms with E-state index in [1.54, 1.807) is 12.1 Å². The van der Waals surface area contributed by atoms with Gasteiger partial charge >= 0.3 is 0 Å². The summed E-state index contributed by atoms with van der Waals surface area (Å²) < 4.78 is 0. The third-order valence-electron chi connectivity index (χ3n) is 3.01. The molecule has 2 atom stereocenters. The zero-order valence-electron chi connectivity index (χ0n) is 12.0. The van der Waals surface area contributed by atoms with Crippen LogP contribution in [0, 0.1) is 0 Å². The van der Waals surface area contributed by atoms with Gasteiger partial charge in [0.2, 0.25) is 0 Å². The molecule has 0 fully saturated rings. The van der Waals surface area contributed by atoms with Crippen molar-refractivity contribution in [1.29, 1.82) is 0 Å². The fraction of sp³-hybridized carbons (Fsp3) is 0.571. The van der Waals surface area contributed by atoms with E-state index < -0.39 is 31.8 Å². The van der Waals surface area contributed by atoms with Gasteiger partial charge in [-0.1, -0.05) is 19.4 Å². The molecular weight excluding hydrogens is 276 g/mol. The highest BCUT2D eigenvalue weighted by Crippen LogP contribution is 2.25. The van der Waals surface area contributed by atoms with Crippen LogP contribution in [0.5, 0.6) is 5.75 Å². The van der Waals surface area contributed by atoms with Crippen molar-refractivity contribution >= 4 is 0 Å². The summed E-state index contributed by atoms with van der Waals surface area (Å²) in [7, 11) is 0. The van der Waals surface area contributed by atoms with E-state index in [1.807, 2.05) is 6.92 Å². The molecule has 0 bridgehead atoms. The summed E-state index contributed by atoms with van der Waals surface area (Å²) in [6.07, 6.45) is -1.53. The topological polar surface area (TPSA) is 125 Å². The molecule has 0 amide bonds. The quantitative estimate of drug-likeness (QED) is 0.296. The minimum Gasteiger partial charge on any atom is -0.508 e. The number of aliphatic hydroxyl groups excluding tert-OH is 4. The summed E-state index contributed by atoms with van der Waals surface area (Å²) in [6.45, 7) is 0.983. The molecule has 7 nitrogen and oxygen atoms in total. The first kappa shape index (κ1) is 17.8. The highest BCUT2D eigenvalue weighted by Gasteiger charge is 2.20. The van der Waals surface area contributed by atoms with E-state index >= 15 is 0 Å². The Morgan fingerprint density at radius 1 is 1.05 bits per heavy atom. The van der Waals surface area contributed by atoms with Crippen molar-refractivity contribution < 1.29 is 25.5 Å². The lowest BCUT2D eigenvalue weighted by atomic mass is 10.0. The van der Waals surface area contributed by atoms with Crippen molar-refractivity contribution in [2.45, 2.75) is 38.4 Å². The minimum atomic E-state index is -1.23. The van der Waals surface area contributed by atoms with Crippen LogP contribution in [0.3, 0.4) is 0 Å². The molecule has 2 unspecified atom stereocenters. The first-order valence-electron chi connectivity index (χ1n) is 6.93. The Balaban J connectivity index is 3.02. The summed E-state index contributed by atoms with van der Waals surface area (Å²) in [5, 5.41) is 52.1. The number of phenols is 1. The van der Waals surface area contributed by atoms with E-state index in [-0.39, 0.29) is 5.75 Å². The number of aryl methyl sites for hydroxylation is 1. The lowest BCUT2D eigenvalue weighted by Gasteiger charge is -2.26. The Morgan fingerprint density at radius 3 is 2.10 bits per heavy atom. The van der Waals surface area contributed by atoms with E-state index in [2.05, 4.69) is 10.6 Å². The smallest absolute Gasteiger partial charge is 0.129 e. The molecule has 0 aliphatic rings. The van der Waals surface area contributed by atoms with Gasteiger partial charge in [-0.2, -0.15) is 0 Å². The number of aromatic hydroxyl groups is 1. The van der Waals surface area contributed by atoms with Crippen molar-refractivity contribution in [3.8, 4) is 5.75 Å². The van der Waals surface area contributed by atoms with Crippen LogP contribution >= 0.6 is 0 Å². The normalized spacial score (nSPS) is 15.7. The van der Waals surface area contributed by atoms with Crippen LogP contribution in [-0.2, 0) is 6.42 Å². The van der Waals surface area contributed by atoms with Gasteiger partial charge in [0, 0.05) is 5.56 Å². The largest absolute Gasteiger partial charge is 0.508 e. The van der Waals surface area contributed by atoms with Crippen LogP contribution in [-0.4, -0.2) is 51.2 Å². The Hall–Kier alpha value is -1.22. The molecule has 0 heterocycles. The van der Waals surface area contributed by atoms with Gasteiger partial charge in [-0.15, -0.1) is 0 Å². The highest BCUT2D eigenvalue weighted by atomic mass is 16.3. The summed E-state index contributed by atoms with van der Waals surface area (Å²) in [5.74, 6) is -0.0184. The maximum absolute atomic E-state index is 9.98. The molecule has 0 aliphatic heterocycles. The van der Waals surface area contributed by atoms with Gasteiger partial charge in [0.1, 0.15) is 18.2 Å². The van der Waals surface area contributed by atoms with Gasteiger partial charge in [-0.3, -0.25) is 10.6 Å². The number of hydrogen-bond donors (Lipinski definition) is 7. The van der Waals surface area contributed by atoms with Gasteiger partial charge < -0.3 is 25.5 Å². The third kappa shape index (κ3) is 5.58. The standard InChI is InChI=1S/C14H24N2O5/c1-2-3-9-4-5-11(19)10(6-9)14(15-12(20)7-17)16-13(21)8-18/h4-6,12-21H,2-3,7-8H2,1H3. The molecule has 7 heteroatoms. The first-order chi connectivity index (χ1) is 10.0. The van der Waals surface area contributed by atoms with Crippen molar-refractivity contribution in [3.05, 3.63) is 29.3 Å². The number of phenolic OH excluding ortho intramolecular Hbond substituents is 1. The molecule has 0 saturated carbocycles. The van der Waals surface area contributed by atoms with E-state index in [9.17, 15) is 15.3 Å². The zero-order chi connectivity index (χ0) is 15.8. The van der Waals surface area contributed by atoms with E-state index in [1.165, 1.54) is 6.07 Å². The molecule has 1 rings (SSSR count). The molecule has 0 aliphatic carbocycles. The predicted octanol–water partition coefficient (Wildman–Crippen LogP) is -0.856. The van der Waals surface area contributed by atoms with E-state index in [0.29, 0.717) is 5.56 Å². The maximum Gasteiger partial charge on any atom is 0.129 e.